The highest BCUT2D eigenvalue weighted by atomic mass is 16.2. The first-order valence-electron chi connectivity index (χ1n) is 8.95. The van der Waals surface area contributed by atoms with Crippen molar-refractivity contribution in [3.63, 3.8) is 0 Å². The van der Waals surface area contributed by atoms with Gasteiger partial charge in [-0.25, -0.2) is 0 Å². The summed E-state index contributed by atoms with van der Waals surface area (Å²) < 4.78 is 0. The normalized spacial score (nSPS) is 13.1. The molecule has 0 aliphatic carbocycles. The van der Waals surface area contributed by atoms with Crippen molar-refractivity contribution >= 4 is 23.4 Å². The predicted octanol–water partition coefficient (Wildman–Crippen LogP) is 3.90. The fourth-order valence-electron chi connectivity index (χ4n) is 2.98. The van der Waals surface area contributed by atoms with Gasteiger partial charge >= 0.3 is 0 Å². The largest absolute Gasteiger partial charge is 0.322 e. The molecule has 0 bridgehead atoms. The molecule has 0 spiro atoms. The first-order valence-corrected chi connectivity index (χ1v) is 8.95. The summed E-state index contributed by atoms with van der Waals surface area (Å²) in [6.45, 7) is 4.49. The summed E-state index contributed by atoms with van der Waals surface area (Å²) in [5, 5.41) is 2.82. The number of aryl methyl sites for hydroxylation is 1. The molecule has 1 heterocycles. The number of benzene rings is 2. The van der Waals surface area contributed by atoms with Crippen molar-refractivity contribution in [3.8, 4) is 0 Å². The lowest BCUT2D eigenvalue weighted by atomic mass is 10.1. The SMILES string of the molecule is CCCCN1C(=O)c2ccc(C(=O)Nc3ccc(CC)cc3)cc2C1=O. The number of rotatable bonds is 6. The molecule has 0 aromatic heterocycles. The second-order valence-electron chi connectivity index (χ2n) is 6.38. The number of imide groups is 1. The van der Waals surface area contributed by atoms with Crippen molar-refractivity contribution in [2.24, 2.45) is 0 Å². The molecule has 0 saturated carbocycles. The van der Waals surface area contributed by atoms with Crippen LogP contribution < -0.4 is 5.32 Å². The summed E-state index contributed by atoms with van der Waals surface area (Å²) >= 11 is 0. The van der Waals surface area contributed by atoms with Crippen LogP contribution in [-0.4, -0.2) is 29.2 Å². The van der Waals surface area contributed by atoms with Gasteiger partial charge in [0.15, 0.2) is 0 Å². The highest BCUT2D eigenvalue weighted by Crippen LogP contribution is 2.25. The quantitative estimate of drug-likeness (QED) is 0.804. The van der Waals surface area contributed by atoms with Crippen molar-refractivity contribution in [2.75, 3.05) is 11.9 Å². The number of nitrogens with one attached hydrogen (secondary N) is 1. The van der Waals surface area contributed by atoms with Crippen LogP contribution in [0.2, 0.25) is 0 Å². The molecule has 0 unspecified atom stereocenters. The molecule has 5 heteroatoms. The van der Waals surface area contributed by atoms with E-state index < -0.39 is 0 Å². The van der Waals surface area contributed by atoms with Crippen molar-refractivity contribution in [3.05, 3.63) is 64.7 Å². The number of anilines is 1. The molecule has 3 amide bonds. The van der Waals surface area contributed by atoms with Crippen LogP contribution in [0.15, 0.2) is 42.5 Å². The molecule has 2 aromatic rings. The van der Waals surface area contributed by atoms with Gasteiger partial charge < -0.3 is 5.32 Å². The first-order chi connectivity index (χ1) is 12.5. The zero-order valence-electron chi connectivity index (χ0n) is 15.0. The van der Waals surface area contributed by atoms with Crippen LogP contribution in [0.5, 0.6) is 0 Å². The Bertz CT molecular complexity index is 856. The van der Waals surface area contributed by atoms with Crippen LogP contribution in [-0.2, 0) is 6.42 Å². The monoisotopic (exact) mass is 350 g/mol. The number of fused-ring (bicyclic) bond motifs is 1. The summed E-state index contributed by atoms with van der Waals surface area (Å²) in [6.07, 6.45) is 2.61. The fraction of sp³-hybridized carbons (Fsp3) is 0.286. The van der Waals surface area contributed by atoms with Crippen LogP contribution in [0.1, 0.15) is 63.3 Å². The predicted molar refractivity (Wildman–Crippen MR) is 100 cm³/mol. The third-order valence-corrected chi connectivity index (χ3v) is 4.59. The Morgan fingerprint density at radius 3 is 2.31 bits per heavy atom. The van der Waals surface area contributed by atoms with Gasteiger partial charge in [0.25, 0.3) is 17.7 Å². The molecule has 2 aromatic carbocycles. The third-order valence-electron chi connectivity index (χ3n) is 4.59. The van der Waals surface area contributed by atoms with Gasteiger partial charge in [-0.15, -0.1) is 0 Å². The molecule has 5 nitrogen and oxygen atoms in total. The Balaban J connectivity index is 1.79. The van der Waals surface area contributed by atoms with Crippen molar-refractivity contribution in [2.45, 2.75) is 33.1 Å². The second kappa shape index (κ2) is 7.52. The highest BCUT2D eigenvalue weighted by Gasteiger charge is 2.35. The first kappa shape index (κ1) is 17.9. The summed E-state index contributed by atoms with van der Waals surface area (Å²) in [6, 6.07) is 12.3. The molecular weight excluding hydrogens is 328 g/mol. The molecule has 0 radical (unpaired) electrons. The molecule has 1 N–H and O–H groups in total. The Kier molecular flexibility index (Phi) is 5.16. The Labute approximate surface area is 153 Å². The lowest BCUT2D eigenvalue weighted by Gasteiger charge is -2.12. The van der Waals surface area contributed by atoms with Crippen molar-refractivity contribution < 1.29 is 14.4 Å². The summed E-state index contributed by atoms with van der Waals surface area (Å²) in [4.78, 5) is 38.6. The van der Waals surface area contributed by atoms with Gasteiger partial charge in [-0.3, -0.25) is 19.3 Å². The number of carbonyl (C=O) groups is 3. The minimum atomic E-state index is -0.319. The van der Waals surface area contributed by atoms with E-state index in [4.69, 9.17) is 0 Å². The maximum Gasteiger partial charge on any atom is 0.261 e. The van der Waals surface area contributed by atoms with Gasteiger partial charge in [0.1, 0.15) is 0 Å². The van der Waals surface area contributed by atoms with Gasteiger partial charge in [-0.05, 0) is 48.7 Å². The van der Waals surface area contributed by atoms with Gasteiger partial charge in [0, 0.05) is 17.8 Å². The highest BCUT2D eigenvalue weighted by molar-refractivity contribution is 6.22. The molecule has 26 heavy (non-hydrogen) atoms. The third kappa shape index (κ3) is 3.38. The number of nitrogens with zero attached hydrogens (tertiary/aromatic N) is 1. The maximum absolute atomic E-state index is 12.5. The molecule has 1 aliphatic rings. The Morgan fingerprint density at radius 1 is 0.962 bits per heavy atom. The molecule has 134 valence electrons. The number of unbranched alkanes of at least 4 members (excludes halogenated alkanes) is 1. The van der Waals surface area contributed by atoms with Crippen LogP contribution in [0.25, 0.3) is 0 Å². The molecular formula is C21H22N2O3. The smallest absolute Gasteiger partial charge is 0.261 e. The molecule has 3 rings (SSSR count). The van der Waals surface area contributed by atoms with E-state index in [1.54, 1.807) is 12.1 Å². The molecule has 0 atom stereocenters. The van der Waals surface area contributed by atoms with E-state index in [1.165, 1.54) is 16.5 Å². The van der Waals surface area contributed by atoms with E-state index in [1.807, 2.05) is 31.2 Å². The van der Waals surface area contributed by atoms with E-state index in [9.17, 15) is 14.4 Å². The van der Waals surface area contributed by atoms with Gasteiger partial charge in [-0.2, -0.15) is 0 Å². The van der Waals surface area contributed by atoms with Crippen molar-refractivity contribution in [1.82, 2.24) is 4.90 Å². The van der Waals surface area contributed by atoms with Crippen LogP contribution in [0, 0.1) is 0 Å². The maximum atomic E-state index is 12.5. The summed E-state index contributed by atoms with van der Waals surface area (Å²) in [7, 11) is 0. The average Bonchev–Trinajstić information content (AvgIpc) is 2.90. The van der Waals surface area contributed by atoms with E-state index in [-0.39, 0.29) is 17.7 Å². The average molecular weight is 350 g/mol. The minimum absolute atomic E-state index is 0.277. The van der Waals surface area contributed by atoms with Crippen LogP contribution >= 0.6 is 0 Å². The molecule has 1 aliphatic heterocycles. The molecule has 0 saturated heterocycles. The van der Waals surface area contributed by atoms with Crippen LogP contribution in [0.4, 0.5) is 5.69 Å². The minimum Gasteiger partial charge on any atom is -0.322 e. The number of amides is 3. The van der Waals surface area contributed by atoms with Gasteiger partial charge in [0.2, 0.25) is 0 Å². The lowest BCUT2D eigenvalue weighted by Crippen LogP contribution is -2.30. The number of hydrogen-bond donors (Lipinski definition) is 1. The number of carbonyl (C=O) groups excluding carboxylic acids is 3. The summed E-state index contributed by atoms with van der Waals surface area (Å²) in [5.74, 6) is -0.898. The Morgan fingerprint density at radius 2 is 1.65 bits per heavy atom. The Hall–Kier alpha value is -2.95. The van der Waals surface area contributed by atoms with E-state index in [0.717, 1.165) is 19.3 Å². The lowest BCUT2D eigenvalue weighted by molar-refractivity contribution is 0.0652. The summed E-state index contributed by atoms with van der Waals surface area (Å²) in [5.41, 5.74) is 2.92. The van der Waals surface area contributed by atoms with Crippen LogP contribution in [0.3, 0.4) is 0 Å². The zero-order chi connectivity index (χ0) is 18.7. The topological polar surface area (TPSA) is 66.5 Å². The van der Waals surface area contributed by atoms with Crippen molar-refractivity contribution in [1.29, 1.82) is 0 Å². The van der Waals surface area contributed by atoms with E-state index in [2.05, 4.69) is 12.2 Å². The zero-order valence-corrected chi connectivity index (χ0v) is 15.0. The van der Waals surface area contributed by atoms with Gasteiger partial charge in [0.05, 0.1) is 11.1 Å². The van der Waals surface area contributed by atoms with Gasteiger partial charge in [-0.1, -0.05) is 32.4 Å². The van der Waals surface area contributed by atoms with E-state index in [0.29, 0.717) is 28.9 Å². The molecule has 0 fully saturated rings. The standard InChI is InChI=1S/C21H22N2O3/c1-3-5-12-23-20(25)17-11-8-15(13-18(17)21(23)26)19(24)22-16-9-6-14(4-2)7-10-16/h6-11,13H,3-5,12H2,1-2H3,(H,22,24). The second-order valence-corrected chi connectivity index (χ2v) is 6.38. The fourth-order valence-corrected chi connectivity index (χ4v) is 2.98. The van der Waals surface area contributed by atoms with E-state index >= 15 is 0 Å². The number of hydrogen-bond acceptors (Lipinski definition) is 3.